The van der Waals surface area contributed by atoms with E-state index in [-0.39, 0.29) is 18.3 Å². The second kappa shape index (κ2) is 7.32. The SMILES string of the molecule is O=C(O)CC(SCC(O)CO)c1ccccc1. The fraction of sp³-hybridized carbons (Fsp3) is 0.417. The molecule has 1 aromatic carbocycles. The second-order valence-electron chi connectivity index (χ2n) is 3.67. The van der Waals surface area contributed by atoms with Gasteiger partial charge in [0.1, 0.15) is 0 Å². The summed E-state index contributed by atoms with van der Waals surface area (Å²) in [5, 5.41) is 26.6. The quantitative estimate of drug-likeness (QED) is 0.685. The van der Waals surface area contributed by atoms with E-state index >= 15 is 0 Å². The van der Waals surface area contributed by atoms with Gasteiger partial charge in [-0.1, -0.05) is 30.3 Å². The molecule has 0 saturated heterocycles. The number of thioether (sulfide) groups is 1. The topological polar surface area (TPSA) is 77.8 Å². The average molecular weight is 256 g/mol. The summed E-state index contributed by atoms with van der Waals surface area (Å²) >= 11 is 1.34. The molecule has 0 aromatic heterocycles. The van der Waals surface area contributed by atoms with Crippen molar-refractivity contribution in [2.45, 2.75) is 17.8 Å². The molecule has 0 bridgehead atoms. The van der Waals surface area contributed by atoms with Crippen molar-refractivity contribution in [2.24, 2.45) is 0 Å². The van der Waals surface area contributed by atoms with Crippen molar-refractivity contribution in [3.63, 3.8) is 0 Å². The van der Waals surface area contributed by atoms with Crippen LogP contribution in [0.15, 0.2) is 30.3 Å². The van der Waals surface area contributed by atoms with Gasteiger partial charge in [0.05, 0.1) is 19.1 Å². The summed E-state index contributed by atoms with van der Waals surface area (Å²) in [7, 11) is 0. The number of rotatable bonds is 7. The van der Waals surface area contributed by atoms with E-state index in [4.69, 9.17) is 10.2 Å². The second-order valence-corrected chi connectivity index (χ2v) is 4.90. The Labute approximate surface area is 104 Å². The summed E-state index contributed by atoms with van der Waals surface area (Å²) in [4.78, 5) is 10.8. The van der Waals surface area contributed by atoms with Crippen molar-refractivity contribution in [3.8, 4) is 0 Å². The fourth-order valence-electron chi connectivity index (χ4n) is 1.38. The van der Waals surface area contributed by atoms with E-state index in [9.17, 15) is 9.90 Å². The molecule has 0 aliphatic heterocycles. The van der Waals surface area contributed by atoms with Crippen LogP contribution in [-0.4, -0.2) is 39.8 Å². The van der Waals surface area contributed by atoms with Crippen LogP contribution in [0, 0.1) is 0 Å². The lowest BCUT2D eigenvalue weighted by atomic mass is 10.1. The first-order valence-corrected chi connectivity index (χ1v) is 6.35. The van der Waals surface area contributed by atoms with Crippen molar-refractivity contribution in [3.05, 3.63) is 35.9 Å². The van der Waals surface area contributed by atoms with E-state index in [1.54, 1.807) is 0 Å². The van der Waals surface area contributed by atoms with Crippen LogP contribution in [0.4, 0.5) is 0 Å². The van der Waals surface area contributed by atoms with Gasteiger partial charge in [-0.15, -0.1) is 0 Å². The van der Waals surface area contributed by atoms with Crippen LogP contribution in [0.2, 0.25) is 0 Å². The molecule has 0 fully saturated rings. The molecule has 2 unspecified atom stereocenters. The van der Waals surface area contributed by atoms with Crippen LogP contribution >= 0.6 is 11.8 Å². The number of aliphatic hydroxyl groups excluding tert-OH is 2. The molecule has 0 saturated carbocycles. The molecule has 0 spiro atoms. The minimum Gasteiger partial charge on any atom is -0.481 e. The van der Waals surface area contributed by atoms with Gasteiger partial charge in [0, 0.05) is 11.0 Å². The zero-order chi connectivity index (χ0) is 12.7. The summed E-state index contributed by atoms with van der Waals surface area (Å²) in [6, 6.07) is 9.31. The third-order valence-corrected chi connectivity index (χ3v) is 3.65. The molecule has 17 heavy (non-hydrogen) atoms. The minimum atomic E-state index is -0.871. The monoisotopic (exact) mass is 256 g/mol. The zero-order valence-electron chi connectivity index (χ0n) is 9.32. The maximum Gasteiger partial charge on any atom is 0.304 e. The first-order valence-electron chi connectivity index (χ1n) is 5.30. The molecule has 94 valence electrons. The van der Waals surface area contributed by atoms with Crippen molar-refractivity contribution < 1.29 is 20.1 Å². The lowest BCUT2D eigenvalue weighted by Crippen LogP contribution is -2.16. The number of hydrogen-bond donors (Lipinski definition) is 3. The molecule has 0 aliphatic carbocycles. The van der Waals surface area contributed by atoms with Crippen LogP contribution in [0.5, 0.6) is 0 Å². The molecule has 5 heteroatoms. The molecule has 0 radical (unpaired) electrons. The van der Waals surface area contributed by atoms with Gasteiger partial charge in [-0.3, -0.25) is 4.79 Å². The molecule has 3 N–H and O–H groups in total. The standard InChI is InChI=1S/C12H16O4S/c13-7-10(14)8-17-11(6-12(15)16)9-4-2-1-3-5-9/h1-5,10-11,13-14H,6-8H2,(H,15,16). The maximum absolute atomic E-state index is 10.8. The lowest BCUT2D eigenvalue weighted by molar-refractivity contribution is -0.137. The number of carboxylic acids is 1. The maximum atomic E-state index is 10.8. The zero-order valence-corrected chi connectivity index (χ0v) is 10.1. The summed E-state index contributed by atoms with van der Waals surface area (Å²) in [6.45, 7) is -0.304. The highest BCUT2D eigenvalue weighted by Gasteiger charge is 2.17. The minimum absolute atomic E-state index is 0.00677. The molecular formula is C12H16O4S. The van der Waals surface area contributed by atoms with E-state index in [0.29, 0.717) is 5.75 Å². The number of aliphatic hydroxyl groups is 2. The number of hydrogen-bond acceptors (Lipinski definition) is 4. The Hall–Kier alpha value is -1.04. The average Bonchev–Trinajstić information content (AvgIpc) is 2.34. The van der Waals surface area contributed by atoms with Gasteiger partial charge < -0.3 is 15.3 Å². The van der Waals surface area contributed by atoms with Crippen LogP contribution in [-0.2, 0) is 4.79 Å². The highest BCUT2D eigenvalue weighted by Crippen LogP contribution is 2.32. The first-order chi connectivity index (χ1) is 8.13. The fourth-order valence-corrected chi connectivity index (χ4v) is 2.55. The van der Waals surface area contributed by atoms with Crippen molar-refractivity contribution in [1.29, 1.82) is 0 Å². The van der Waals surface area contributed by atoms with E-state index in [1.165, 1.54) is 11.8 Å². The van der Waals surface area contributed by atoms with E-state index in [0.717, 1.165) is 5.56 Å². The Kier molecular flexibility index (Phi) is 6.04. The van der Waals surface area contributed by atoms with Gasteiger partial charge >= 0.3 is 5.97 Å². The Morgan fingerprint density at radius 1 is 1.29 bits per heavy atom. The summed E-state index contributed by atoms with van der Waals surface area (Å²) in [5.74, 6) is -0.548. The lowest BCUT2D eigenvalue weighted by Gasteiger charge is -2.16. The molecule has 0 heterocycles. The number of aliphatic carboxylic acids is 1. The highest BCUT2D eigenvalue weighted by molar-refractivity contribution is 7.99. The summed E-state index contributed by atoms with van der Waals surface area (Å²) in [5.41, 5.74) is 0.921. The van der Waals surface area contributed by atoms with Crippen molar-refractivity contribution in [1.82, 2.24) is 0 Å². The predicted molar refractivity (Wildman–Crippen MR) is 67.0 cm³/mol. The van der Waals surface area contributed by atoms with Gasteiger partial charge in [0.25, 0.3) is 0 Å². The van der Waals surface area contributed by atoms with Gasteiger partial charge in [-0.05, 0) is 5.56 Å². The van der Waals surface area contributed by atoms with Crippen LogP contribution < -0.4 is 0 Å². The number of carbonyl (C=O) groups is 1. The molecular weight excluding hydrogens is 240 g/mol. The van der Waals surface area contributed by atoms with Gasteiger partial charge in [-0.2, -0.15) is 11.8 Å². The van der Waals surface area contributed by atoms with Gasteiger partial charge in [-0.25, -0.2) is 0 Å². The number of benzene rings is 1. The van der Waals surface area contributed by atoms with E-state index in [1.807, 2.05) is 30.3 Å². The summed E-state index contributed by atoms with van der Waals surface area (Å²) < 4.78 is 0. The van der Waals surface area contributed by atoms with Crippen molar-refractivity contribution >= 4 is 17.7 Å². The van der Waals surface area contributed by atoms with Crippen LogP contribution in [0.1, 0.15) is 17.2 Å². The Balaban J connectivity index is 2.64. The molecule has 0 amide bonds. The normalized spacial score (nSPS) is 14.2. The molecule has 1 aromatic rings. The molecule has 1 rings (SSSR count). The molecule has 2 atom stereocenters. The predicted octanol–water partition coefficient (Wildman–Crippen LogP) is 1.29. The number of carboxylic acid groups (broad SMARTS) is 1. The highest BCUT2D eigenvalue weighted by atomic mass is 32.2. The Bertz CT molecular complexity index is 342. The largest absolute Gasteiger partial charge is 0.481 e. The van der Waals surface area contributed by atoms with E-state index in [2.05, 4.69) is 0 Å². The van der Waals surface area contributed by atoms with Crippen LogP contribution in [0.25, 0.3) is 0 Å². The van der Waals surface area contributed by atoms with Gasteiger partial charge in [0.15, 0.2) is 0 Å². The smallest absolute Gasteiger partial charge is 0.304 e. The van der Waals surface area contributed by atoms with Crippen LogP contribution in [0.3, 0.4) is 0 Å². The first kappa shape index (κ1) is 14.0. The Morgan fingerprint density at radius 3 is 2.47 bits per heavy atom. The van der Waals surface area contributed by atoms with Crippen molar-refractivity contribution in [2.75, 3.05) is 12.4 Å². The Morgan fingerprint density at radius 2 is 1.94 bits per heavy atom. The third-order valence-electron chi connectivity index (χ3n) is 2.23. The molecule has 0 aliphatic rings. The van der Waals surface area contributed by atoms with Gasteiger partial charge in [0.2, 0.25) is 0 Å². The summed E-state index contributed by atoms with van der Waals surface area (Å²) in [6.07, 6.45) is -0.799. The molecule has 4 nitrogen and oxygen atoms in total. The van der Waals surface area contributed by atoms with E-state index < -0.39 is 12.1 Å². The third kappa shape index (κ3) is 5.21.